The van der Waals surface area contributed by atoms with Crippen molar-refractivity contribution in [2.24, 2.45) is 0 Å². The second kappa shape index (κ2) is 8.87. The van der Waals surface area contributed by atoms with E-state index in [2.05, 4.69) is 6.07 Å². The van der Waals surface area contributed by atoms with Crippen LogP contribution < -0.4 is 9.47 Å². The molecule has 3 aromatic rings. The Kier molecular flexibility index (Phi) is 6.30. The maximum atomic E-state index is 12.9. The first kappa shape index (κ1) is 18.5. The van der Waals surface area contributed by atoms with Crippen LogP contribution in [-0.4, -0.2) is 25.0 Å². The molecule has 0 bridgehead atoms. The fourth-order valence-corrected chi connectivity index (χ4v) is 4.11. The van der Waals surface area contributed by atoms with E-state index < -0.39 is 0 Å². The Morgan fingerprint density at radius 2 is 1.62 bits per heavy atom. The highest BCUT2D eigenvalue weighted by atomic mass is 32.1. The van der Waals surface area contributed by atoms with Crippen LogP contribution in [0.2, 0.25) is 0 Å². The fraction of sp³-hybridized carbons (Fsp3) is 0.250. The van der Waals surface area contributed by atoms with Crippen molar-refractivity contribution in [2.45, 2.75) is 19.5 Å². The lowest BCUT2D eigenvalue weighted by molar-refractivity contribution is -0.131. The third-order valence-corrected chi connectivity index (χ3v) is 5.74. The number of hydrogen-bond acceptors (Lipinski definition) is 5. The van der Waals surface area contributed by atoms with Gasteiger partial charge in [-0.1, -0.05) is 18.2 Å². The van der Waals surface area contributed by atoms with Crippen LogP contribution in [0, 0.1) is 0 Å². The quantitative estimate of drug-likeness (QED) is 0.567. The molecule has 2 heterocycles. The smallest absolute Gasteiger partial charge is 0.228 e. The molecule has 0 aliphatic rings. The lowest BCUT2D eigenvalue weighted by atomic mass is 10.1. The van der Waals surface area contributed by atoms with Gasteiger partial charge < -0.3 is 14.4 Å². The minimum absolute atomic E-state index is 0.121. The number of carbonyl (C=O) groups excluding carboxylic acids is 1. The summed E-state index contributed by atoms with van der Waals surface area (Å²) < 4.78 is 10.7. The Morgan fingerprint density at radius 3 is 2.23 bits per heavy atom. The molecule has 0 atom stereocenters. The third kappa shape index (κ3) is 4.65. The van der Waals surface area contributed by atoms with E-state index in [1.54, 1.807) is 36.9 Å². The van der Waals surface area contributed by atoms with Gasteiger partial charge in [0.2, 0.25) is 5.91 Å². The number of thiophene rings is 2. The van der Waals surface area contributed by atoms with Gasteiger partial charge in [-0.15, -0.1) is 22.7 Å². The van der Waals surface area contributed by atoms with Gasteiger partial charge in [0.15, 0.2) is 11.5 Å². The molecule has 1 aromatic carbocycles. The van der Waals surface area contributed by atoms with Gasteiger partial charge in [-0.2, -0.15) is 0 Å². The average molecular weight is 388 g/mol. The normalized spacial score (nSPS) is 10.5. The van der Waals surface area contributed by atoms with Gasteiger partial charge >= 0.3 is 0 Å². The van der Waals surface area contributed by atoms with Crippen molar-refractivity contribution in [3.8, 4) is 11.5 Å². The van der Waals surface area contributed by atoms with Crippen molar-refractivity contribution in [1.82, 2.24) is 4.90 Å². The van der Waals surface area contributed by atoms with E-state index in [0.717, 1.165) is 10.4 Å². The lowest BCUT2D eigenvalue weighted by Crippen LogP contribution is -2.31. The van der Waals surface area contributed by atoms with E-state index in [1.807, 2.05) is 52.1 Å². The van der Waals surface area contributed by atoms with Gasteiger partial charge in [0.05, 0.1) is 27.2 Å². The second-order valence-corrected chi connectivity index (χ2v) is 7.84. The molecule has 6 heteroatoms. The highest BCUT2D eigenvalue weighted by Gasteiger charge is 2.17. The van der Waals surface area contributed by atoms with Crippen molar-refractivity contribution in [2.75, 3.05) is 14.2 Å². The monoisotopic (exact) mass is 387 g/mol. The molecule has 26 heavy (non-hydrogen) atoms. The largest absolute Gasteiger partial charge is 0.493 e. The predicted octanol–water partition coefficient (Wildman–Crippen LogP) is 4.60. The van der Waals surface area contributed by atoms with Crippen LogP contribution in [0.1, 0.15) is 15.3 Å². The number of methoxy groups -OCH3 is 2. The van der Waals surface area contributed by atoms with Crippen molar-refractivity contribution in [3.05, 3.63) is 68.5 Å². The molecule has 0 spiro atoms. The summed E-state index contributed by atoms with van der Waals surface area (Å²) in [6, 6.07) is 13.8. The summed E-state index contributed by atoms with van der Waals surface area (Å²) in [5, 5.41) is 4.04. The Balaban J connectivity index is 1.79. The first-order valence-electron chi connectivity index (χ1n) is 8.23. The van der Waals surface area contributed by atoms with E-state index in [4.69, 9.17) is 9.47 Å². The Hall–Kier alpha value is -2.31. The zero-order chi connectivity index (χ0) is 18.4. The van der Waals surface area contributed by atoms with E-state index in [9.17, 15) is 4.79 Å². The van der Waals surface area contributed by atoms with Crippen molar-refractivity contribution in [3.63, 3.8) is 0 Å². The van der Waals surface area contributed by atoms with E-state index in [1.165, 1.54) is 4.88 Å². The maximum absolute atomic E-state index is 12.9. The topological polar surface area (TPSA) is 38.8 Å². The summed E-state index contributed by atoms with van der Waals surface area (Å²) in [7, 11) is 3.23. The van der Waals surface area contributed by atoms with Gasteiger partial charge in [-0.05, 0) is 40.6 Å². The molecule has 2 aromatic heterocycles. The molecule has 4 nitrogen and oxygen atoms in total. The summed E-state index contributed by atoms with van der Waals surface area (Å²) in [6.45, 7) is 1.14. The molecule has 1 amide bonds. The van der Waals surface area contributed by atoms with Crippen LogP contribution in [0.15, 0.2) is 53.2 Å². The fourth-order valence-electron chi connectivity index (χ4n) is 2.70. The second-order valence-electron chi connectivity index (χ2n) is 5.77. The van der Waals surface area contributed by atoms with E-state index >= 15 is 0 Å². The minimum atomic E-state index is 0.121. The molecular weight excluding hydrogens is 366 g/mol. The molecule has 136 valence electrons. The zero-order valence-electron chi connectivity index (χ0n) is 14.8. The molecule has 0 saturated heterocycles. The number of carbonyl (C=O) groups is 1. The highest BCUT2D eigenvalue weighted by Crippen LogP contribution is 2.28. The summed E-state index contributed by atoms with van der Waals surface area (Å²) in [5.74, 6) is 1.48. The first-order chi connectivity index (χ1) is 12.7. The third-order valence-electron chi connectivity index (χ3n) is 4.01. The molecule has 0 fully saturated rings. The summed E-state index contributed by atoms with van der Waals surface area (Å²) in [6.07, 6.45) is 0.427. The molecule has 0 radical (unpaired) electrons. The Bertz CT molecular complexity index is 829. The SMILES string of the molecule is COc1ccc(CN(Cc2cccs2)C(=O)Cc2cccs2)cc1OC. The van der Waals surface area contributed by atoms with Crippen molar-refractivity contribution >= 4 is 28.6 Å². The van der Waals surface area contributed by atoms with Gasteiger partial charge in [0.25, 0.3) is 0 Å². The van der Waals surface area contributed by atoms with Crippen LogP contribution in [0.3, 0.4) is 0 Å². The maximum Gasteiger partial charge on any atom is 0.228 e. The van der Waals surface area contributed by atoms with Crippen LogP contribution in [0.4, 0.5) is 0 Å². The molecular formula is C20H21NO3S2. The van der Waals surface area contributed by atoms with Crippen molar-refractivity contribution < 1.29 is 14.3 Å². The number of ether oxygens (including phenoxy) is 2. The van der Waals surface area contributed by atoms with Crippen LogP contribution in [-0.2, 0) is 24.3 Å². The number of amides is 1. The van der Waals surface area contributed by atoms with Gasteiger partial charge in [0, 0.05) is 16.3 Å². The van der Waals surface area contributed by atoms with Gasteiger partial charge in [-0.25, -0.2) is 0 Å². The molecule has 0 unspecified atom stereocenters. The Morgan fingerprint density at radius 1 is 0.923 bits per heavy atom. The molecule has 0 saturated carbocycles. The van der Waals surface area contributed by atoms with Crippen LogP contribution in [0.25, 0.3) is 0 Å². The number of nitrogens with zero attached hydrogens (tertiary/aromatic N) is 1. The van der Waals surface area contributed by atoms with E-state index in [0.29, 0.717) is 31.0 Å². The molecule has 3 rings (SSSR count). The standard InChI is InChI=1S/C20H21NO3S2/c1-23-18-8-7-15(11-19(18)24-2)13-21(14-17-6-4-10-26-17)20(22)12-16-5-3-9-25-16/h3-11H,12-14H2,1-2H3. The highest BCUT2D eigenvalue weighted by molar-refractivity contribution is 7.10. The predicted molar refractivity (Wildman–Crippen MR) is 106 cm³/mol. The number of benzene rings is 1. The molecule has 0 aliphatic carbocycles. The zero-order valence-corrected chi connectivity index (χ0v) is 16.4. The Labute approximate surface area is 161 Å². The summed E-state index contributed by atoms with van der Waals surface area (Å²) in [4.78, 5) is 17.0. The van der Waals surface area contributed by atoms with Crippen LogP contribution >= 0.6 is 22.7 Å². The van der Waals surface area contributed by atoms with Crippen molar-refractivity contribution in [1.29, 1.82) is 0 Å². The van der Waals surface area contributed by atoms with Gasteiger partial charge in [0.1, 0.15) is 0 Å². The minimum Gasteiger partial charge on any atom is -0.493 e. The number of rotatable bonds is 8. The summed E-state index contributed by atoms with van der Waals surface area (Å²) in [5.41, 5.74) is 1.01. The summed E-state index contributed by atoms with van der Waals surface area (Å²) >= 11 is 3.28. The van der Waals surface area contributed by atoms with Crippen LogP contribution in [0.5, 0.6) is 11.5 Å². The molecule has 0 N–H and O–H groups in total. The van der Waals surface area contributed by atoms with E-state index in [-0.39, 0.29) is 5.91 Å². The molecule has 0 aliphatic heterocycles. The average Bonchev–Trinajstić information content (AvgIpc) is 3.35. The lowest BCUT2D eigenvalue weighted by Gasteiger charge is -2.23. The van der Waals surface area contributed by atoms with Gasteiger partial charge in [-0.3, -0.25) is 4.79 Å². The first-order valence-corrected chi connectivity index (χ1v) is 9.99. The number of hydrogen-bond donors (Lipinski definition) is 0.